The van der Waals surface area contributed by atoms with E-state index in [0.717, 1.165) is 26.2 Å². The first kappa shape index (κ1) is 8.97. The standard InChI is InChI=1S/C8H18N2O/c1-3-7(9)8-6-11-5-4-10(8)2/h7-8H,3-6,9H2,1-2H3. The average molecular weight is 158 g/mol. The number of hydrogen-bond donors (Lipinski definition) is 1. The Labute approximate surface area is 68.5 Å². The van der Waals surface area contributed by atoms with E-state index in [4.69, 9.17) is 10.5 Å². The molecule has 1 aliphatic heterocycles. The summed E-state index contributed by atoms with van der Waals surface area (Å²) >= 11 is 0. The third-order valence-electron chi connectivity index (χ3n) is 2.41. The van der Waals surface area contributed by atoms with Gasteiger partial charge in [0, 0.05) is 18.6 Å². The highest BCUT2D eigenvalue weighted by molar-refractivity contribution is 4.81. The normalized spacial score (nSPS) is 30.3. The monoisotopic (exact) mass is 158 g/mol. The van der Waals surface area contributed by atoms with Gasteiger partial charge in [0.2, 0.25) is 0 Å². The number of nitrogens with two attached hydrogens (primary N) is 1. The first-order valence-corrected chi connectivity index (χ1v) is 4.29. The van der Waals surface area contributed by atoms with E-state index in [2.05, 4.69) is 18.9 Å². The van der Waals surface area contributed by atoms with Crippen LogP contribution in [0, 0.1) is 0 Å². The topological polar surface area (TPSA) is 38.5 Å². The Morgan fingerprint density at radius 2 is 2.45 bits per heavy atom. The molecule has 1 fully saturated rings. The molecule has 11 heavy (non-hydrogen) atoms. The van der Waals surface area contributed by atoms with E-state index in [0.29, 0.717) is 6.04 Å². The number of morpholine rings is 1. The molecular formula is C8H18N2O. The summed E-state index contributed by atoms with van der Waals surface area (Å²) in [5, 5.41) is 0. The van der Waals surface area contributed by atoms with Gasteiger partial charge in [0.25, 0.3) is 0 Å². The molecule has 0 saturated carbocycles. The summed E-state index contributed by atoms with van der Waals surface area (Å²) in [7, 11) is 2.11. The van der Waals surface area contributed by atoms with Crippen molar-refractivity contribution >= 4 is 0 Å². The molecule has 0 aromatic heterocycles. The van der Waals surface area contributed by atoms with Gasteiger partial charge in [-0.05, 0) is 13.5 Å². The Morgan fingerprint density at radius 3 is 3.00 bits per heavy atom. The molecule has 0 aliphatic carbocycles. The van der Waals surface area contributed by atoms with Crippen molar-refractivity contribution in [2.75, 3.05) is 26.8 Å². The summed E-state index contributed by atoms with van der Waals surface area (Å²) in [5.74, 6) is 0. The van der Waals surface area contributed by atoms with E-state index < -0.39 is 0 Å². The van der Waals surface area contributed by atoms with Gasteiger partial charge < -0.3 is 10.5 Å². The van der Waals surface area contributed by atoms with Crippen molar-refractivity contribution in [3.05, 3.63) is 0 Å². The first-order chi connectivity index (χ1) is 5.25. The summed E-state index contributed by atoms with van der Waals surface area (Å²) < 4.78 is 5.35. The van der Waals surface area contributed by atoms with E-state index in [1.165, 1.54) is 0 Å². The minimum Gasteiger partial charge on any atom is -0.378 e. The molecule has 0 aromatic carbocycles. The smallest absolute Gasteiger partial charge is 0.0637 e. The zero-order valence-corrected chi connectivity index (χ0v) is 7.42. The lowest BCUT2D eigenvalue weighted by Gasteiger charge is -2.35. The van der Waals surface area contributed by atoms with Gasteiger partial charge in [0.1, 0.15) is 0 Å². The fraction of sp³-hybridized carbons (Fsp3) is 1.00. The Kier molecular flexibility index (Phi) is 3.30. The van der Waals surface area contributed by atoms with Crippen LogP contribution in [-0.4, -0.2) is 43.8 Å². The first-order valence-electron chi connectivity index (χ1n) is 4.29. The third-order valence-corrected chi connectivity index (χ3v) is 2.41. The van der Waals surface area contributed by atoms with Crippen LogP contribution < -0.4 is 5.73 Å². The summed E-state index contributed by atoms with van der Waals surface area (Å²) in [6.07, 6.45) is 1.03. The molecule has 0 spiro atoms. The SMILES string of the molecule is CCC(N)C1COCCN1C. The largest absolute Gasteiger partial charge is 0.378 e. The molecule has 1 rings (SSSR count). The van der Waals surface area contributed by atoms with Crippen LogP contribution in [0.25, 0.3) is 0 Å². The molecule has 66 valence electrons. The predicted octanol–water partition coefficient (Wildman–Crippen LogP) is 0.0543. The van der Waals surface area contributed by atoms with Gasteiger partial charge in [-0.3, -0.25) is 4.90 Å². The zero-order valence-electron chi connectivity index (χ0n) is 7.42. The lowest BCUT2D eigenvalue weighted by Crippen LogP contribution is -2.52. The maximum Gasteiger partial charge on any atom is 0.0637 e. The number of hydrogen-bond acceptors (Lipinski definition) is 3. The average Bonchev–Trinajstić information content (AvgIpc) is 2.04. The fourth-order valence-corrected chi connectivity index (χ4v) is 1.43. The minimum absolute atomic E-state index is 0.264. The second kappa shape index (κ2) is 4.04. The molecule has 2 N–H and O–H groups in total. The minimum atomic E-state index is 0.264. The number of likely N-dealkylation sites (N-methyl/N-ethyl adjacent to an activating group) is 1. The van der Waals surface area contributed by atoms with Gasteiger partial charge in [0.15, 0.2) is 0 Å². The lowest BCUT2D eigenvalue weighted by atomic mass is 10.1. The van der Waals surface area contributed by atoms with Crippen molar-refractivity contribution in [3.63, 3.8) is 0 Å². The van der Waals surface area contributed by atoms with E-state index in [9.17, 15) is 0 Å². The Balaban J connectivity index is 2.40. The number of nitrogens with zero attached hydrogens (tertiary/aromatic N) is 1. The van der Waals surface area contributed by atoms with Crippen LogP contribution in [0.5, 0.6) is 0 Å². The van der Waals surface area contributed by atoms with Crippen LogP contribution in [-0.2, 0) is 4.74 Å². The summed E-state index contributed by atoms with van der Waals surface area (Å²) in [5.41, 5.74) is 5.92. The molecular weight excluding hydrogens is 140 g/mol. The van der Waals surface area contributed by atoms with E-state index >= 15 is 0 Å². The Morgan fingerprint density at radius 1 is 1.73 bits per heavy atom. The Hall–Kier alpha value is -0.120. The van der Waals surface area contributed by atoms with Crippen LogP contribution in [0.2, 0.25) is 0 Å². The molecule has 2 unspecified atom stereocenters. The molecule has 0 amide bonds. The van der Waals surface area contributed by atoms with Gasteiger partial charge in [-0.15, -0.1) is 0 Å². The molecule has 3 nitrogen and oxygen atoms in total. The van der Waals surface area contributed by atoms with Gasteiger partial charge in [-0.25, -0.2) is 0 Å². The molecule has 0 bridgehead atoms. The molecule has 2 atom stereocenters. The molecule has 1 aliphatic rings. The molecule has 3 heteroatoms. The van der Waals surface area contributed by atoms with Crippen LogP contribution >= 0.6 is 0 Å². The molecule has 0 radical (unpaired) electrons. The summed E-state index contributed by atoms with van der Waals surface area (Å²) in [6.45, 7) is 4.78. The van der Waals surface area contributed by atoms with E-state index in [-0.39, 0.29) is 6.04 Å². The van der Waals surface area contributed by atoms with Crippen LogP contribution in [0.15, 0.2) is 0 Å². The number of ether oxygens (including phenoxy) is 1. The third kappa shape index (κ3) is 2.15. The van der Waals surface area contributed by atoms with Crippen molar-refractivity contribution < 1.29 is 4.74 Å². The maximum atomic E-state index is 5.92. The van der Waals surface area contributed by atoms with Gasteiger partial charge in [0.05, 0.1) is 13.2 Å². The second-order valence-electron chi connectivity index (χ2n) is 3.19. The van der Waals surface area contributed by atoms with Gasteiger partial charge in [-0.1, -0.05) is 6.92 Å². The number of rotatable bonds is 2. The highest BCUT2D eigenvalue weighted by atomic mass is 16.5. The quantitative estimate of drug-likeness (QED) is 0.617. The van der Waals surface area contributed by atoms with Crippen molar-refractivity contribution in [1.29, 1.82) is 0 Å². The van der Waals surface area contributed by atoms with Crippen LogP contribution in [0.3, 0.4) is 0 Å². The van der Waals surface area contributed by atoms with E-state index in [1.807, 2.05) is 0 Å². The highest BCUT2D eigenvalue weighted by Gasteiger charge is 2.23. The van der Waals surface area contributed by atoms with E-state index in [1.54, 1.807) is 0 Å². The van der Waals surface area contributed by atoms with Crippen LogP contribution in [0.4, 0.5) is 0 Å². The zero-order chi connectivity index (χ0) is 8.27. The maximum absolute atomic E-state index is 5.92. The molecule has 0 aromatic rings. The summed E-state index contributed by atoms with van der Waals surface area (Å²) in [6, 6.07) is 0.689. The fourth-order valence-electron chi connectivity index (χ4n) is 1.43. The molecule has 1 saturated heterocycles. The predicted molar refractivity (Wildman–Crippen MR) is 45.5 cm³/mol. The van der Waals surface area contributed by atoms with Crippen molar-refractivity contribution in [2.24, 2.45) is 5.73 Å². The van der Waals surface area contributed by atoms with Crippen molar-refractivity contribution in [2.45, 2.75) is 25.4 Å². The lowest BCUT2D eigenvalue weighted by molar-refractivity contribution is -0.00387. The van der Waals surface area contributed by atoms with Crippen LogP contribution in [0.1, 0.15) is 13.3 Å². The molecule has 1 heterocycles. The van der Waals surface area contributed by atoms with Gasteiger partial charge >= 0.3 is 0 Å². The highest BCUT2D eigenvalue weighted by Crippen LogP contribution is 2.08. The Bertz CT molecular complexity index is 115. The van der Waals surface area contributed by atoms with Crippen molar-refractivity contribution in [3.8, 4) is 0 Å². The summed E-state index contributed by atoms with van der Waals surface area (Å²) in [4.78, 5) is 2.29. The van der Waals surface area contributed by atoms with Crippen molar-refractivity contribution in [1.82, 2.24) is 4.90 Å². The van der Waals surface area contributed by atoms with Gasteiger partial charge in [-0.2, -0.15) is 0 Å². The second-order valence-corrected chi connectivity index (χ2v) is 3.19.